The normalized spacial score (nSPS) is 18.0. The molecule has 1 aliphatic rings. The number of H-pyrrole nitrogens is 1. The molecule has 3 aromatic rings. The zero-order valence-corrected chi connectivity index (χ0v) is 17.8. The summed E-state index contributed by atoms with van der Waals surface area (Å²) in [4.78, 5) is 10.4. The third kappa shape index (κ3) is 4.59. The van der Waals surface area contributed by atoms with Gasteiger partial charge in [-0.15, -0.1) is 0 Å². The second kappa shape index (κ2) is 9.02. The van der Waals surface area contributed by atoms with Crippen LogP contribution in [0.5, 0.6) is 11.5 Å². The average Bonchev–Trinajstić information content (AvgIpc) is 3.44. The quantitative estimate of drug-likeness (QED) is 0.600. The zero-order chi connectivity index (χ0) is 21.8. The van der Waals surface area contributed by atoms with Crippen molar-refractivity contribution in [3.05, 3.63) is 42.4 Å². The molecule has 1 fully saturated rings. The standard InChI is InChI=1S/C22H25N7O2/c1-29(2)15-7-8-16(9-15)31-19-6-4-5-18(30-3)22(19)17-10-20(28-27-17)26-21-13-24-14(11-23)12-25-21/h4-6,10,12-13,15-16H,7-9H2,1-3H3,(H2,25,26,27,28)/t15-,16+/m0/s1. The highest BCUT2D eigenvalue weighted by atomic mass is 16.5. The Morgan fingerprint density at radius 2 is 2.00 bits per heavy atom. The van der Waals surface area contributed by atoms with Crippen LogP contribution < -0.4 is 14.8 Å². The summed E-state index contributed by atoms with van der Waals surface area (Å²) in [6.45, 7) is 0. The molecule has 0 aliphatic heterocycles. The van der Waals surface area contributed by atoms with E-state index >= 15 is 0 Å². The van der Waals surface area contributed by atoms with Crippen molar-refractivity contribution in [3.8, 4) is 28.8 Å². The first-order valence-corrected chi connectivity index (χ1v) is 10.1. The Bertz CT molecular complexity index is 1070. The molecule has 4 rings (SSSR count). The first-order chi connectivity index (χ1) is 15.1. The summed E-state index contributed by atoms with van der Waals surface area (Å²) in [7, 11) is 5.87. The van der Waals surface area contributed by atoms with Gasteiger partial charge in [0.15, 0.2) is 11.5 Å². The number of rotatable bonds is 7. The van der Waals surface area contributed by atoms with E-state index in [0.29, 0.717) is 23.4 Å². The Morgan fingerprint density at radius 1 is 1.16 bits per heavy atom. The fourth-order valence-electron chi connectivity index (χ4n) is 3.81. The van der Waals surface area contributed by atoms with Crippen molar-refractivity contribution in [3.63, 3.8) is 0 Å². The van der Waals surface area contributed by atoms with Gasteiger partial charge in [-0.3, -0.25) is 5.10 Å². The van der Waals surface area contributed by atoms with Crippen molar-refractivity contribution in [2.45, 2.75) is 31.4 Å². The van der Waals surface area contributed by atoms with Gasteiger partial charge in [0.2, 0.25) is 0 Å². The number of nitriles is 1. The summed E-state index contributed by atoms with van der Waals surface area (Å²) in [6.07, 6.45) is 6.20. The molecule has 0 unspecified atom stereocenters. The van der Waals surface area contributed by atoms with Crippen molar-refractivity contribution in [2.75, 3.05) is 26.5 Å². The minimum absolute atomic E-state index is 0.160. The number of methoxy groups -OCH3 is 1. The fourth-order valence-corrected chi connectivity index (χ4v) is 3.81. The highest BCUT2D eigenvalue weighted by molar-refractivity contribution is 5.76. The van der Waals surface area contributed by atoms with Gasteiger partial charge >= 0.3 is 0 Å². The fraction of sp³-hybridized carbons (Fsp3) is 0.364. The minimum Gasteiger partial charge on any atom is -0.496 e. The van der Waals surface area contributed by atoms with Gasteiger partial charge in [0.1, 0.15) is 29.5 Å². The summed E-state index contributed by atoms with van der Waals surface area (Å²) in [6, 6.07) is 10.1. The molecule has 2 heterocycles. The van der Waals surface area contributed by atoms with E-state index in [9.17, 15) is 0 Å². The highest BCUT2D eigenvalue weighted by Gasteiger charge is 2.28. The van der Waals surface area contributed by atoms with Crippen LogP contribution in [0, 0.1) is 11.3 Å². The first kappa shape index (κ1) is 20.6. The van der Waals surface area contributed by atoms with Crippen LogP contribution in [0.25, 0.3) is 11.3 Å². The summed E-state index contributed by atoms with van der Waals surface area (Å²) >= 11 is 0. The van der Waals surface area contributed by atoms with E-state index in [-0.39, 0.29) is 11.8 Å². The number of hydrogen-bond acceptors (Lipinski definition) is 8. The summed E-state index contributed by atoms with van der Waals surface area (Å²) in [5, 5.41) is 19.3. The molecule has 0 spiro atoms. The van der Waals surface area contributed by atoms with Crippen LogP contribution in [0.1, 0.15) is 25.0 Å². The number of aromatic nitrogens is 4. The van der Waals surface area contributed by atoms with Gasteiger partial charge in [-0.25, -0.2) is 9.97 Å². The average molecular weight is 419 g/mol. The first-order valence-electron chi connectivity index (χ1n) is 10.1. The van der Waals surface area contributed by atoms with Crippen molar-refractivity contribution in [1.29, 1.82) is 5.26 Å². The lowest BCUT2D eigenvalue weighted by Crippen LogP contribution is -2.26. The van der Waals surface area contributed by atoms with E-state index in [1.165, 1.54) is 12.4 Å². The zero-order valence-electron chi connectivity index (χ0n) is 17.8. The smallest absolute Gasteiger partial charge is 0.158 e. The van der Waals surface area contributed by atoms with Crippen LogP contribution in [0.2, 0.25) is 0 Å². The third-order valence-electron chi connectivity index (χ3n) is 5.46. The van der Waals surface area contributed by atoms with E-state index < -0.39 is 0 Å². The number of anilines is 2. The molecule has 9 heteroatoms. The van der Waals surface area contributed by atoms with Crippen molar-refractivity contribution >= 4 is 11.6 Å². The maximum Gasteiger partial charge on any atom is 0.158 e. The van der Waals surface area contributed by atoms with E-state index in [1.54, 1.807) is 7.11 Å². The lowest BCUT2D eigenvalue weighted by molar-refractivity contribution is 0.193. The molecule has 0 bridgehead atoms. The molecule has 1 aromatic carbocycles. The number of nitrogens with zero attached hydrogens (tertiary/aromatic N) is 5. The molecule has 1 aliphatic carbocycles. The van der Waals surface area contributed by atoms with Gasteiger partial charge in [0.25, 0.3) is 0 Å². The Labute approximate surface area is 181 Å². The van der Waals surface area contributed by atoms with E-state index in [0.717, 1.165) is 36.3 Å². The Hall–Kier alpha value is -3.64. The summed E-state index contributed by atoms with van der Waals surface area (Å²) < 4.78 is 12.0. The Kier molecular flexibility index (Phi) is 6.00. The second-order valence-corrected chi connectivity index (χ2v) is 7.69. The van der Waals surface area contributed by atoms with Gasteiger partial charge in [-0.2, -0.15) is 10.4 Å². The monoisotopic (exact) mass is 419 g/mol. The molecule has 2 aromatic heterocycles. The second-order valence-electron chi connectivity index (χ2n) is 7.69. The van der Waals surface area contributed by atoms with Crippen LogP contribution in [0.4, 0.5) is 11.6 Å². The molecule has 0 radical (unpaired) electrons. The van der Waals surface area contributed by atoms with Crippen LogP contribution in [-0.2, 0) is 0 Å². The predicted octanol–water partition coefficient (Wildman–Crippen LogP) is 3.35. The van der Waals surface area contributed by atoms with E-state index in [1.807, 2.05) is 30.3 Å². The maximum absolute atomic E-state index is 8.85. The third-order valence-corrected chi connectivity index (χ3v) is 5.46. The van der Waals surface area contributed by atoms with Gasteiger partial charge in [-0.1, -0.05) is 6.07 Å². The number of nitrogens with one attached hydrogen (secondary N) is 2. The van der Waals surface area contributed by atoms with Crippen LogP contribution in [0.3, 0.4) is 0 Å². The SMILES string of the molecule is COc1cccc(O[C@@H]2CC[C@H](N(C)C)C2)c1-c1cc(Nc2cnc(C#N)cn2)n[nH]1. The van der Waals surface area contributed by atoms with E-state index in [4.69, 9.17) is 14.7 Å². The van der Waals surface area contributed by atoms with Gasteiger partial charge in [-0.05, 0) is 45.5 Å². The Morgan fingerprint density at radius 3 is 2.68 bits per heavy atom. The summed E-state index contributed by atoms with van der Waals surface area (Å²) in [5.41, 5.74) is 1.84. The molecule has 160 valence electrons. The molecule has 1 saturated carbocycles. The molecule has 31 heavy (non-hydrogen) atoms. The molecular formula is C22H25N7O2. The van der Waals surface area contributed by atoms with Crippen molar-refractivity contribution < 1.29 is 9.47 Å². The topological polar surface area (TPSA) is 112 Å². The maximum atomic E-state index is 8.85. The molecule has 0 amide bonds. The minimum atomic E-state index is 0.160. The van der Waals surface area contributed by atoms with E-state index in [2.05, 4.69) is 44.5 Å². The lowest BCUT2D eigenvalue weighted by Gasteiger charge is -2.20. The van der Waals surface area contributed by atoms with Gasteiger partial charge in [0, 0.05) is 12.1 Å². The van der Waals surface area contributed by atoms with Crippen molar-refractivity contribution in [1.82, 2.24) is 25.1 Å². The lowest BCUT2D eigenvalue weighted by atomic mass is 10.1. The van der Waals surface area contributed by atoms with Crippen molar-refractivity contribution in [2.24, 2.45) is 0 Å². The summed E-state index contributed by atoms with van der Waals surface area (Å²) in [5.74, 6) is 2.53. The predicted molar refractivity (Wildman–Crippen MR) is 116 cm³/mol. The van der Waals surface area contributed by atoms with Gasteiger partial charge < -0.3 is 19.7 Å². The van der Waals surface area contributed by atoms with Gasteiger partial charge in [0.05, 0.1) is 30.8 Å². The number of aromatic amines is 1. The molecular weight excluding hydrogens is 394 g/mol. The number of benzene rings is 1. The molecule has 2 atom stereocenters. The number of ether oxygens (including phenoxy) is 2. The molecule has 0 saturated heterocycles. The highest BCUT2D eigenvalue weighted by Crippen LogP contribution is 2.40. The van der Waals surface area contributed by atoms with Crippen LogP contribution in [-0.4, -0.2) is 58.4 Å². The molecule has 9 nitrogen and oxygen atoms in total. The molecule has 2 N–H and O–H groups in total. The number of hydrogen-bond donors (Lipinski definition) is 2. The Balaban J connectivity index is 1.56. The largest absolute Gasteiger partial charge is 0.496 e. The van der Waals surface area contributed by atoms with Crippen LogP contribution in [0.15, 0.2) is 36.7 Å². The van der Waals surface area contributed by atoms with Crippen LogP contribution >= 0.6 is 0 Å².